The van der Waals surface area contributed by atoms with Crippen LogP contribution in [0.1, 0.15) is 180 Å². The molecule has 0 unspecified atom stereocenters. The monoisotopic (exact) mass is 1040 g/mol. The Bertz CT molecular complexity index is 3850. The summed E-state index contributed by atoms with van der Waals surface area (Å²) >= 11 is 0. The standard InChI is InChI=1S/C72H80N6O/c1-42(2)55-34-48(46-25-20-18-21-26-46)35-56(43(3)4)64(55)77-61-30-24-29-54(63(61)75-69(77)59-38-53(71(12,13)14)39-60(66(59)79)72(15,16)17)50-31-51(33-52(32-50)70(9,10)11)68-76-67-62(40-73-41-74-67)78(68)65-57(44(5)6)36-49(37-58(65)45(7)8)47-27-22-19-23-28-47/h18-45,79H,1-17H3. The lowest BCUT2D eigenvalue weighted by atomic mass is 9.78. The second kappa shape index (κ2) is 20.5. The highest BCUT2D eigenvalue weighted by Crippen LogP contribution is 2.48. The minimum absolute atomic E-state index is 0.154. The van der Waals surface area contributed by atoms with Crippen LogP contribution in [-0.4, -0.2) is 34.2 Å². The smallest absolute Gasteiger partial charge is 0.181 e. The summed E-state index contributed by atoms with van der Waals surface area (Å²) in [5.74, 6) is 2.46. The van der Waals surface area contributed by atoms with E-state index in [4.69, 9.17) is 15.0 Å². The van der Waals surface area contributed by atoms with Crippen molar-refractivity contribution in [2.24, 2.45) is 0 Å². The van der Waals surface area contributed by atoms with Gasteiger partial charge < -0.3 is 5.11 Å². The molecule has 7 aromatic carbocycles. The lowest BCUT2D eigenvalue weighted by molar-refractivity contribution is 0.446. The summed E-state index contributed by atoms with van der Waals surface area (Å²) in [7, 11) is 0. The van der Waals surface area contributed by atoms with E-state index in [1.807, 2.05) is 6.20 Å². The Morgan fingerprint density at radius 1 is 0.418 bits per heavy atom. The molecule has 3 heterocycles. The number of aromatic nitrogens is 6. The Morgan fingerprint density at radius 3 is 1.38 bits per heavy atom. The Morgan fingerprint density at radius 2 is 0.899 bits per heavy atom. The van der Waals surface area contributed by atoms with Crippen LogP contribution in [0.5, 0.6) is 5.75 Å². The Hall–Kier alpha value is -7.64. The van der Waals surface area contributed by atoms with Crippen molar-refractivity contribution in [1.29, 1.82) is 0 Å². The molecule has 7 heteroatoms. The van der Waals surface area contributed by atoms with Crippen molar-refractivity contribution in [3.8, 4) is 73.3 Å². The molecule has 0 radical (unpaired) electrons. The number of rotatable bonds is 11. The van der Waals surface area contributed by atoms with E-state index in [9.17, 15) is 5.11 Å². The van der Waals surface area contributed by atoms with Crippen molar-refractivity contribution in [1.82, 2.24) is 29.1 Å². The minimum atomic E-state index is -0.354. The molecular weight excluding hydrogens is 965 g/mol. The molecule has 0 aliphatic rings. The topological polar surface area (TPSA) is 81.6 Å². The number of para-hydroxylation sites is 1. The lowest BCUT2D eigenvalue weighted by Gasteiger charge is -2.28. The van der Waals surface area contributed by atoms with Gasteiger partial charge in [0.25, 0.3) is 0 Å². The van der Waals surface area contributed by atoms with Gasteiger partial charge in [-0.3, -0.25) is 9.13 Å². The van der Waals surface area contributed by atoms with E-state index < -0.39 is 0 Å². The molecule has 0 saturated carbocycles. The summed E-state index contributed by atoms with van der Waals surface area (Å²) in [6.07, 6.45) is 3.52. The zero-order chi connectivity index (χ0) is 56.6. The highest BCUT2D eigenvalue weighted by Gasteiger charge is 2.32. The molecule has 10 rings (SSSR count). The van der Waals surface area contributed by atoms with Gasteiger partial charge in [0.05, 0.1) is 34.2 Å². The van der Waals surface area contributed by atoms with E-state index >= 15 is 0 Å². The third-order valence-corrected chi connectivity index (χ3v) is 15.9. The molecule has 0 saturated heterocycles. The number of imidazole rings is 2. The number of fused-ring (bicyclic) bond motifs is 2. The molecule has 0 atom stereocenters. The van der Waals surface area contributed by atoms with Gasteiger partial charge in [-0.25, -0.2) is 19.9 Å². The maximum atomic E-state index is 12.9. The molecular formula is C72H80N6O. The van der Waals surface area contributed by atoms with Crippen LogP contribution in [0.2, 0.25) is 0 Å². The largest absolute Gasteiger partial charge is 0.507 e. The van der Waals surface area contributed by atoms with Crippen LogP contribution < -0.4 is 0 Å². The summed E-state index contributed by atoms with van der Waals surface area (Å²) in [5, 5.41) is 12.9. The number of aromatic hydroxyl groups is 1. The number of phenols is 1. The van der Waals surface area contributed by atoms with E-state index in [1.165, 1.54) is 50.1 Å². The van der Waals surface area contributed by atoms with Crippen LogP contribution >= 0.6 is 0 Å². The van der Waals surface area contributed by atoms with Gasteiger partial charge in [-0.1, -0.05) is 203 Å². The number of phenolic OH excluding ortho intramolecular Hbond substituents is 1. The van der Waals surface area contributed by atoms with Gasteiger partial charge in [0, 0.05) is 16.7 Å². The van der Waals surface area contributed by atoms with E-state index in [0.717, 1.165) is 67.1 Å². The summed E-state index contributed by atoms with van der Waals surface area (Å²) in [4.78, 5) is 20.8. The van der Waals surface area contributed by atoms with Crippen LogP contribution in [0.25, 0.3) is 89.7 Å². The molecule has 10 aromatic rings. The molecule has 0 fully saturated rings. The van der Waals surface area contributed by atoms with Gasteiger partial charge in [0.1, 0.15) is 29.2 Å². The molecule has 0 amide bonds. The summed E-state index contributed by atoms with van der Waals surface area (Å²) in [6, 6.07) is 48.9. The predicted molar refractivity (Wildman–Crippen MR) is 333 cm³/mol. The lowest BCUT2D eigenvalue weighted by Crippen LogP contribution is -2.17. The Labute approximate surface area is 469 Å². The third-order valence-electron chi connectivity index (χ3n) is 15.9. The molecule has 79 heavy (non-hydrogen) atoms. The van der Waals surface area contributed by atoms with E-state index in [1.54, 1.807) is 6.33 Å². The molecule has 7 nitrogen and oxygen atoms in total. The molecule has 404 valence electrons. The first kappa shape index (κ1) is 54.7. The van der Waals surface area contributed by atoms with Crippen LogP contribution in [0.4, 0.5) is 0 Å². The SMILES string of the molecule is CC(C)c1cc(-c2ccccc2)cc(C(C)C)c1-n1c(-c2cc(-c3cccc4c3nc(-c3cc(C(C)(C)C)cc(C(C)(C)C)c3O)n4-c3c(C(C)C)cc(-c4ccccc4)cc3C(C)C)cc(C(C)(C)C)c2)nc2ncncc21. The normalized spacial score (nSPS) is 12.6. The first-order valence-corrected chi connectivity index (χ1v) is 28.5. The highest BCUT2D eigenvalue weighted by atomic mass is 16.3. The van der Waals surface area contributed by atoms with Crippen molar-refractivity contribution < 1.29 is 5.11 Å². The Kier molecular flexibility index (Phi) is 14.2. The zero-order valence-corrected chi connectivity index (χ0v) is 49.8. The van der Waals surface area contributed by atoms with Gasteiger partial charge in [-0.15, -0.1) is 0 Å². The highest BCUT2D eigenvalue weighted by molar-refractivity contribution is 5.98. The number of nitrogens with zero attached hydrogens (tertiary/aromatic N) is 6. The number of hydrogen-bond acceptors (Lipinski definition) is 5. The van der Waals surface area contributed by atoms with Gasteiger partial charge in [-0.05, 0) is 150 Å². The molecule has 0 spiro atoms. The van der Waals surface area contributed by atoms with Crippen molar-refractivity contribution in [2.45, 2.75) is 158 Å². The van der Waals surface area contributed by atoms with Gasteiger partial charge in [0.2, 0.25) is 0 Å². The van der Waals surface area contributed by atoms with Crippen LogP contribution in [0.3, 0.4) is 0 Å². The zero-order valence-electron chi connectivity index (χ0n) is 49.8. The summed E-state index contributed by atoms with van der Waals surface area (Å²) < 4.78 is 4.73. The second-order valence-electron chi connectivity index (χ2n) is 26.3. The second-order valence-corrected chi connectivity index (χ2v) is 26.3. The minimum Gasteiger partial charge on any atom is -0.507 e. The van der Waals surface area contributed by atoms with E-state index in [2.05, 4.69) is 265 Å². The summed E-state index contributed by atoms with van der Waals surface area (Å²) in [5.41, 5.74) is 21.3. The quantitative estimate of drug-likeness (QED) is 0.140. The van der Waals surface area contributed by atoms with E-state index in [-0.39, 0.29) is 45.7 Å². The third kappa shape index (κ3) is 10.2. The van der Waals surface area contributed by atoms with Crippen LogP contribution in [0, 0.1) is 0 Å². The molecule has 0 bridgehead atoms. The average Bonchev–Trinajstić information content (AvgIpc) is 3.66. The van der Waals surface area contributed by atoms with Gasteiger partial charge >= 0.3 is 0 Å². The predicted octanol–water partition coefficient (Wildman–Crippen LogP) is 19.6. The first-order valence-electron chi connectivity index (χ1n) is 28.5. The van der Waals surface area contributed by atoms with Crippen LogP contribution in [0.15, 0.2) is 146 Å². The number of hydrogen-bond donors (Lipinski definition) is 1. The Balaban J connectivity index is 1.31. The first-order chi connectivity index (χ1) is 37.3. The molecule has 3 aromatic heterocycles. The maximum absolute atomic E-state index is 12.9. The van der Waals surface area contributed by atoms with Gasteiger partial charge in [0.15, 0.2) is 5.65 Å². The van der Waals surface area contributed by atoms with Gasteiger partial charge in [-0.2, -0.15) is 0 Å². The molecule has 1 N–H and O–H groups in total. The van der Waals surface area contributed by atoms with Crippen molar-refractivity contribution in [2.75, 3.05) is 0 Å². The summed E-state index contributed by atoms with van der Waals surface area (Å²) in [6.45, 7) is 38.5. The fourth-order valence-corrected chi connectivity index (χ4v) is 11.4. The molecule has 0 aliphatic heterocycles. The van der Waals surface area contributed by atoms with Crippen molar-refractivity contribution in [3.05, 3.63) is 185 Å². The van der Waals surface area contributed by atoms with E-state index in [0.29, 0.717) is 11.5 Å². The maximum Gasteiger partial charge on any atom is 0.181 e. The fourth-order valence-electron chi connectivity index (χ4n) is 11.4. The van der Waals surface area contributed by atoms with Crippen LogP contribution in [-0.2, 0) is 16.2 Å². The molecule has 0 aliphatic carbocycles. The average molecular weight is 1050 g/mol. The fraction of sp³-hybridized carbons (Fsp3) is 0.333. The van der Waals surface area contributed by atoms with Crippen molar-refractivity contribution >= 4 is 22.2 Å². The number of benzene rings is 7. The van der Waals surface area contributed by atoms with Crippen molar-refractivity contribution in [3.63, 3.8) is 0 Å².